The van der Waals surface area contributed by atoms with Gasteiger partial charge in [0.2, 0.25) is 0 Å². The summed E-state index contributed by atoms with van der Waals surface area (Å²) in [6, 6.07) is 0.740. The Labute approximate surface area is 133 Å². The molecule has 118 valence electrons. The molecule has 0 bridgehead atoms. The van der Waals surface area contributed by atoms with E-state index in [0.29, 0.717) is 5.92 Å². The summed E-state index contributed by atoms with van der Waals surface area (Å²) in [5.74, 6) is 0.533. The minimum absolute atomic E-state index is 0.142. The number of rotatable bonds is 5. The van der Waals surface area contributed by atoms with Gasteiger partial charge in [0.05, 0.1) is 11.2 Å². The van der Waals surface area contributed by atoms with Gasteiger partial charge in [-0.3, -0.25) is 0 Å². The molecule has 2 fully saturated rings. The van der Waals surface area contributed by atoms with E-state index in [1.807, 2.05) is 11.3 Å². The van der Waals surface area contributed by atoms with Gasteiger partial charge in [0.15, 0.2) is 0 Å². The van der Waals surface area contributed by atoms with Crippen molar-refractivity contribution in [3.63, 3.8) is 0 Å². The molecular weight excluding hydrogens is 278 g/mol. The Balaban J connectivity index is 1.84. The molecule has 1 aliphatic heterocycles. The second kappa shape index (κ2) is 6.35. The van der Waals surface area contributed by atoms with Crippen LogP contribution in [-0.4, -0.2) is 35.6 Å². The fraction of sp³-hybridized carbons (Fsp3) is 0.824. The van der Waals surface area contributed by atoms with Gasteiger partial charge in [0, 0.05) is 18.0 Å². The Hall–Kier alpha value is -0.450. The molecule has 1 atom stereocenters. The first-order valence-corrected chi connectivity index (χ1v) is 9.47. The van der Waals surface area contributed by atoms with Gasteiger partial charge in [-0.2, -0.15) is 0 Å². The standard InChI is InChI=1S/C17H29N3S/c1-4-20-10-5-8-17(9-11-20,19-14-6-7-14)16-18-15(12-21-16)13(2)3/h12-14,19H,4-11H2,1-3H3. The second-order valence-electron chi connectivity index (χ2n) is 7.02. The molecule has 2 aliphatic rings. The van der Waals surface area contributed by atoms with Gasteiger partial charge in [0.1, 0.15) is 5.01 Å². The zero-order valence-corrected chi connectivity index (χ0v) is 14.5. The van der Waals surface area contributed by atoms with E-state index >= 15 is 0 Å². The van der Waals surface area contributed by atoms with Crippen molar-refractivity contribution in [2.24, 2.45) is 0 Å². The molecule has 4 heteroatoms. The minimum atomic E-state index is 0.142. The maximum atomic E-state index is 5.02. The van der Waals surface area contributed by atoms with Crippen LogP contribution in [0.15, 0.2) is 5.38 Å². The van der Waals surface area contributed by atoms with Gasteiger partial charge in [-0.05, 0) is 51.1 Å². The van der Waals surface area contributed by atoms with E-state index in [0.717, 1.165) is 6.04 Å². The van der Waals surface area contributed by atoms with Crippen LogP contribution in [0.1, 0.15) is 69.5 Å². The molecule has 1 aromatic heterocycles. The predicted octanol–water partition coefficient (Wildman–Crippen LogP) is 3.72. The predicted molar refractivity (Wildman–Crippen MR) is 90.0 cm³/mol. The number of aromatic nitrogens is 1. The maximum absolute atomic E-state index is 5.02. The first-order chi connectivity index (χ1) is 10.1. The first kappa shape index (κ1) is 15.4. The van der Waals surface area contributed by atoms with Crippen LogP contribution in [0.2, 0.25) is 0 Å². The quantitative estimate of drug-likeness (QED) is 0.898. The lowest BCUT2D eigenvalue weighted by Gasteiger charge is -2.32. The van der Waals surface area contributed by atoms with E-state index in [2.05, 4.69) is 36.4 Å². The summed E-state index contributed by atoms with van der Waals surface area (Å²) >= 11 is 1.88. The molecule has 1 saturated heterocycles. The molecule has 0 amide bonds. The van der Waals surface area contributed by atoms with E-state index in [1.165, 1.54) is 62.4 Å². The van der Waals surface area contributed by atoms with Crippen molar-refractivity contribution in [2.75, 3.05) is 19.6 Å². The normalized spacial score (nSPS) is 28.0. The summed E-state index contributed by atoms with van der Waals surface area (Å²) in [6.45, 7) is 10.4. The van der Waals surface area contributed by atoms with Gasteiger partial charge in [-0.25, -0.2) is 4.98 Å². The lowest BCUT2D eigenvalue weighted by molar-refractivity contribution is 0.261. The third-order valence-electron chi connectivity index (χ3n) is 4.96. The van der Waals surface area contributed by atoms with Gasteiger partial charge in [-0.1, -0.05) is 20.8 Å². The molecule has 2 heterocycles. The highest BCUT2D eigenvalue weighted by molar-refractivity contribution is 7.09. The van der Waals surface area contributed by atoms with Crippen molar-refractivity contribution in [3.05, 3.63) is 16.1 Å². The molecule has 21 heavy (non-hydrogen) atoms. The highest BCUT2D eigenvalue weighted by Gasteiger charge is 2.40. The monoisotopic (exact) mass is 307 g/mol. The topological polar surface area (TPSA) is 28.2 Å². The highest BCUT2D eigenvalue weighted by atomic mass is 32.1. The summed E-state index contributed by atoms with van der Waals surface area (Å²) in [7, 11) is 0. The lowest BCUT2D eigenvalue weighted by atomic mass is 9.90. The minimum Gasteiger partial charge on any atom is -0.304 e. The lowest BCUT2D eigenvalue weighted by Crippen LogP contribution is -2.44. The molecule has 1 saturated carbocycles. The largest absolute Gasteiger partial charge is 0.304 e. The zero-order valence-electron chi connectivity index (χ0n) is 13.7. The van der Waals surface area contributed by atoms with Crippen LogP contribution >= 0.6 is 11.3 Å². The average Bonchev–Trinajstić information content (AvgIpc) is 3.18. The van der Waals surface area contributed by atoms with Crippen LogP contribution in [-0.2, 0) is 5.54 Å². The van der Waals surface area contributed by atoms with Gasteiger partial charge >= 0.3 is 0 Å². The van der Waals surface area contributed by atoms with E-state index in [1.54, 1.807) is 0 Å². The third kappa shape index (κ3) is 3.49. The van der Waals surface area contributed by atoms with Crippen molar-refractivity contribution in [1.82, 2.24) is 15.2 Å². The van der Waals surface area contributed by atoms with Crippen molar-refractivity contribution < 1.29 is 0 Å². The molecule has 0 radical (unpaired) electrons. The number of hydrogen-bond acceptors (Lipinski definition) is 4. The molecule has 1 N–H and O–H groups in total. The number of thiazole rings is 1. The van der Waals surface area contributed by atoms with E-state index < -0.39 is 0 Å². The summed E-state index contributed by atoms with van der Waals surface area (Å²) in [5.41, 5.74) is 1.41. The fourth-order valence-electron chi connectivity index (χ4n) is 3.32. The van der Waals surface area contributed by atoms with Crippen LogP contribution < -0.4 is 5.32 Å². The fourth-order valence-corrected chi connectivity index (χ4v) is 4.52. The van der Waals surface area contributed by atoms with Crippen LogP contribution in [0.25, 0.3) is 0 Å². The zero-order chi connectivity index (χ0) is 14.9. The Kier molecular flexibility index (Phi) is 4.67. The number of likely N-dealkylation sites (tertiary alicyclic amines) is 1. The van der Waals surface area contributed by atoms with Crippen LogP contribution in [0.4, 0.5) is 0 Å². The molecule has 3 rings (SSSR count). The number of hydrogen-bond donors (Lipinski definition) is 1. The number of nitrogens with one attached hydrogen (secondary N) is 1. The van der Waals surface area contributed by atoms with Gasteiger partial charge < -0.3 is 10.2 Å². The molecule has 3 nitrogen and oxygen atoms in total. The van der Waals surface area contributed by atoms with Gasteiger partial charge in [-0.15, -0.1) is 11.3 Å². The van der Waals surface area contributed by atoms with Gasteiger partial charge in [0.25, 0.3) is 0 Å². The second-order valence-corrected chi connectivity index (χ2v) is 7.88. The molecular formula is C17H29N3S. The Morgan fingerprint density at radius 3 is 2.81 bits per heavy atom. The summed E-state index contributed by atoms with van der Waals surface area (Å²) in [6.07, 6.45) is 6.43. The smallest absolute Gasteiger partial charge is 0.113 e. The van der Waals surface area contributed by atoms with Crippen LogP contribution in [0.3, 0.4) is 0 Å². The highest BCUT2D eigenvalue weighted by Crippen LogP contribution is 2.39. The molecule has 1 aromatic rings. The van der Waals surface area contributed by atoms with E-state index in [9.17, 15) is 0 Å². The number of nitrogens with zero attached hydrogens (tertiary/aromatic N) is 2. The van der Waals surface area contributed by atoms with Crippen LogP contribution in [0, 0.1) is 0 Å². The first-order valence-electron chi connectivity index (χ1n) is 8.59. The SMILES string of the molecule is CCN1CCCC(NC2CC2)(c2nc(C(C)C)cs2)CC1. The van der Waals surface area contributed by atoms with Crippen LogP contribution in [0.5, 0.6) is 0 Å². The van der Waals surface area contributed by atoms with E-state index in [4.69, 9.17) is 4.98 Å². The summed E-state index contributed by atoms with van der Waals surface area (Å²) in [5, 5.41) is 7.60. The summed E-state index contributed by atoms with van der Waals surface area (Å²) < 4.78 is 0. The molecule has 1 unspecified atom stereocenters. The van der Waals surface area contributed by atoms with Crippen molar-refractivity contribution >= 4 is 11.3 Å². The average molecular weight is 308 g/mol. The molecule has 1 aliphatic carbocycles. The summed E-state index contributed by atoms with van der Waals surface area (Å²) in [4.78, 5) is 7.61. The molecule has 0 aromatic carbocycles. The Morgan fingerprint density at radius 2 is 2.19 bits per heavy atom. The van der Waals surface area contributed by atoms with Crippen molar-refractivity contribution in [1.29, 1.82) is 0 Å². The maximum Gasteiger partial charge on any atom is 0.113 e. The Bertz CT molecular complexity index is 466. The Morgan fingerprint density at radius 1 is 1.38 bits per heavy atom. The third-order valence-corrected chi connectivity index (χ3v) is 6.03. The van der Waals surface area contributed by atoms with Crippen molar-refractivity contribution in [3.8, 4) is 0 Å². The van der Waals surface area contributed by atoms with Crippen molar-refractivity contribution in [2.45, 2.75) is 70.4 Å². The molecule has 0 spiro atoms. The van der Waals surface area contributed by atoms with E-state index in [-0.39, 0.29) is 5.54 Å².